The second-order valence-electron chi connectivity index (χ2n) is 7.83. The number of carbonyl (C=O) groups is 1. The molecule has 1 aliphatic heterocycles. The number of rotatable bonds is 11. The molecule has 2 heterocycles. The zero-order chi connectivity index (χ0) is 26.7. The minimum absolute atomic E-state index is 0.0217. The molecule has 3 N–H and O–H groups in total. The highest BCUT2D eigenvalue weighted by Gasteiger charge is 2.49. The molecule has 14 heteroatoms. The lowest BCUT2D eigenvalue weighted by atomic mass is 10.0. The van der Waals surface area contributed by atoms with Crippen LogP contribution in [-0.4, -0.2) is 54.0 Å². The monoisotopic (exact) mass is 534 g/mol. The molecular formula is C22H30F3N4O6P. The second kappa shape index (κ2) is 14.1. The standard InChI is InChI=1S/C21H27F2N4O6P.CH3F/c1-14(2)31-18(28)12-25-34(33-15-6-4-3-5-7-15)30-13-21(19(22)23)10-8-17(32-21)27-11-9-16(24)26-20(27)29;1-2/h3-7,9,11,14,17,19,25H,8,10,12-13H2,1-2H3,(H2,24,26,29);1H3. The molecule has 1 fully saturated rings. The lowest BCUT2D eigenvalue weighted by molar-refractivity contribution is -0.165. The smallest absolute Gasteiger partial charge is 0.351 e. The average molecular weight is 534 g/mol. The minimum atomic E-state index is -2.91. The van der Waals surface area contributed by atoms with Crippen molar-refractivity contribution in [3.63, 3.8) is 0 Å². The summed E-state index contributed by atoms with van der Waals surface area (Å²) in [5.74, 6) is -0.0960. The normalized spacial score (nSPS) is 20.1. The van der Waals surface area contributed by atoms with Crippen LogP contribution < -0.4 is 21.0 Å². The third kappa shape index (κ3) is 8.44. The Kier molecular flexibility index (Phi) is 11.6. The Bertz CT molecular complexity index is 1020. The summed E-state index contributed by atoms with van der Waals surface area (Å²) in [7, 11) is -1.51. The van der Waals surface area contributed by atoms with Gasteiger partial charge in [-0.2, -0.15) is 4.98 Å². The summed E-state index contributed by atoms with van der Waals surface area (Å²) in [4.78, 5) is 27.6. The maximum absolute atomic E-state index is 14.1. The van der Waals surface area contributed by atoms with Gasteiger partial charge in [0, 0.05) is 6.20 Å². The number of hydrogen-bond donors (Lipinski definition) is 2. The van der Waals surface area contributed by atoms with E-state index in [1.807, 2.05) is 0 Å². The maximum atomic E-state index is 14.1. The zero-order valence-electron chi connectivity index (χ0n) is 20.1. The molecule has 0 bridgehead atoms. The Morgan fingerprint density at radius 1 is 1.31 bits per heavy atom. The molecule has 3 unspecified atom stereocenters. The van der Waals surface area contributed by atoms with Crippen LogP contribution in [0.1, 0.15) is 32.9 Å². The highest BCUT2D eigenvalue weighted by molar-refractivity contribution is 7.45. The lowest BCUT2D eigenvalue weighted by Crippen LogP contribution is -2.43. The van der Waals surface area contributed by atoms with Crippen molar-refractivity contribution in [1.29, 1.82) is 0 Å². The average Bonchev–Trinajstić information content (AvgIpc) is 3.28. The summed E-state index contributed by atoms with van der Waals surface area (Å²) in [6.07, 6.45) is -2.75. The van der Waals surface area contributed by atoms with E-state index < -0.39 is 45.0 Å². The fourth-order valence-corrected chi connectivity index (χ4v) is 4.33. The van der Waals surface area contributed by atoms with E-state index in [-0.39, 0.29) is 31.3 Å². The van der Waals surface area contributed by atoms with Crippen LogP contribution in [0.2, 0.25) is 0 Å². The maximum Gasteiger partial charge on any atom is 0.351 e. The molecule has 3 atom stereocenters. The Balaban J connectivity index is 0.00000222. The van der Waals surface area contributed by atoms with Crippen molar-refractivity contribution >= 4 is 20.3 Å². The van der Waals surface area contributed by atoms with E-state index in [9.17, 15) is 22.8 Å². The van der Waals surface area contributed by atoms with Crippen molar-refractivity contribution in [1.82, 2.24) is 14.6 Å². The molecular weight excluding hydrogens is 504 g/mol. The Morgan fingerprint density at radius 3 is 2.61 bits per heavy atom. The number of aromatic nitrogens is 2. The van der Waals surface area contributed by atoms with Crippen LogP contribution in [0, 0.1) is 0 Å². The number of nitrogens with two attached hydrogens (primary N) is 1. The Labute approximate surface area is 207 Å². The third-order valence-corrected chi connectivity index (χ3v) is 5.98. The highest BCUT2D eigenvalue weighted by Crippen LogP contribution is 2.44. The molecule has 0 radical (unpaired) electrons. The quantitative estimate of drug-likeness (QED) is 0.328. The zero-order valence-corrected chi connectivity index (χ0v) is 21.0. The van der Waals surface area contributed by atoms with Gasteiger partial charge in [0.1, 0.15) is 24.3 Å². The summed E-state index contributed by atoms with van der Waals surface area (Å²) in [5.41, 5.74) is 2.81. The largest absolute Gasteiger partial charge is 0.462 e. The van der Waals surface area contributed by atoms with Crippen molar-refractivity contribution in [3.8, 4) is 5.75 Å². The number of anilines is 1. The highest BCUT2D eigenvalue weighted by atomic mass is 31.2. The molecule has 36 heavy (non-hydrogen) atoms. The summed E-state index contributed by atoms with van der Waals surface area (Å²) < 4.78 is 61.0. The molecule has 0 amide bonds. The second-order valence-corrected chi connectivity index (χ2v) is 9.10. The predicted octanol–water partition coefficient (Wildman–Crippen LogP) is 3.59. The first kappa shape index (κ1) is 29.5. The summed E-state index contributed by atoms with van der Waals surface area (Å²) >= 11 is 0. The molecule has 10 nitrogen and oxygen atoms in total. The van der Waals surface area contributed by atoms with Gasteiger partial charge in [0.15, 0.2) is 5.60 Å². The van der Waals surface area contributed by atoms with E-state index in [4.69, 9.17) is 24.3 Å². The van der Waals surface area contributed by atoms with Gasteiger partial charge in [0.05, 0.1) is 19.9 Å². The molecule has 0 spiro atoms. The van der Waals surface area contributed by atoms with Crippen LogP contribution >= 0.6 is 8.53 Å². The van der Waals surface area contributed by atoms with Gasteiger partial charge in [0.25, 0.3) is 6.43 Å². The van der Waals surface area contributed by atoms with E-state index in [2.05, 4.69) is 10.1 Å². The first-order chi connectivity index (χ1) is 17.2. The van der Waals surface area contributed by atoms with Gasteiger partial charge in [-0.1, -0.05) is 18.2 Å². The fourth-order valence-electron chi connectivity index (χ4n) is 3.21. The van der Waals surface area contributed by atoms with Crippen molar-refractivity contribution in [2.45, 2.75) is 51.0 Å². The van der Waals surface area contributed by atoms with Gasteiger partial charge in [-0.15, -0.1) is 0 Å². The number of carbonyl (C=O) groups excluding carboxylic acids is 1. The van der Waals surface area contributed by atoms with E-state index >= 15 is 0 Å². The van der Waals surface area contributed by atoms with Crippen molar-refractivity contribution in [2.75, 3.05) is 26.1 Å². The van der Waals surface area contributed by atoms with Gasteiger partial charge < -0.3 is 24.3 Å². The lowest BCUT2D eigenvalue weighted by Gasteiger charge is -2.30. The van der Waals surface area contributed by atoms with Crippen molar-refractivity contribution in [3.05, 3.63) is 53.1 Å². The predicted molar refractivity (Wildman–Crippen MR) is 127 cm³/mol. The van der Waals surface area contributed by atoms with E-state index in [0.29, 0.717) is 12.9 Å². The molecule has 1 aliphatic rings. The number of benzene rings is 1. The van der Waals surface area contributed by atoms with Crippen LogP contribution in [0.15, 0.2) is 47.4 Å². The summed E-state index contributed by atoms with van der Waals surface area (Å²) in [6.45, 7) is 2.64. The molecule has 2 aromatic rings. The Morgan fingerprint density at radius 2 is 2.00 bits per heavy atom. The van der Waals surface area contributed by atoms with Gasteiger partial charge in [0.2, 0.25) is 0 Å². The minimum Gasteiger partial charge on any atom is -0.462 e. The SMILES string of the molecule is CC(C)OC(=O)CNP(OCC1(C(F)F)CCC(n2ccc(N)nc2=O)O1)Oc1ccccc1.CF. The van der Waals surface area contributed by atoms with E-state index in [1.54, 1.807) is 44.2 Å². The third-order valence-electron chi connectivity index (χ3n) is 4.82. The number of nitrogens with zero attached hydrogens (tertiary/aromatic N) is 2. The van der Waals surface area contributed by atoms with Gasteiger partial charge >= 0.3 is 20.2 Å². The molecule has 1 aromatic heterocycles. The molecule has 3 rings (SSSR count). The van der Waals surface area contributed by atoms with E-state index in [0.717, 1.165) is 4.57 Å². The fraction of sp³-hybridized carbons (Fsp3) is 0.500. The van der Waals surface area contributed by atoms with Gasteiger partial charge in [-0.3, -0.25) is 13.8 Å². The van der Waals surface area contributed by atoms with Gasteiger partial charge in [-0.25, -0.2) is 18.7 Å². The molecule has 0 saturated carbocycles. The van der Waals surface area contributed by atoms with Crippen LogP contribution in [0.3, 0.4) is 0 Å². The van der Waals surface area contributed by atoms with Crippen molar-refractivity contribution in [2.24, 2.45) is 0 Å². The topological polar surface area (TPSA) is 127 Å². The molecule has 200 valence electrons. The van der Waals surface area contributed by atoms with Gasteiger partial charge in [-0.05, 0) is 44.9 Å². The summed E-state index contributed by atoms with van der Waals surface area (Å²) in [5, 5.41) is 2.78. The van der Waals surface area contributed by atoms with Crippen LogP contribution in [0.5, 0.6) is 5.75 Å². The van der Waals surface area contributed by atoms with E-state index in [1.165, 1.54) is 12.3 Å². The number of hydrogen-bond acceptors (Lipinski definition) is 9. The molecule has 1 saturated heterocycles. The van der Waals surface area contributed by atoms with Crippen LogP contribution in [-0.2, 0) is 18.8 Å². The number of nitrogens with one attached hydrogen (secondary N) is 1. The first-order valence-electron chi connectivity index (χ1n) is 11.0. The summed E-state index contributed by atoms with van der Waals surface area (Å²) in [6, 6.07) is 9.97. The molecule has 0 aliphatic carbocycles. The Hall–Kier alpha value is -2.73. The van der Waals surface area contributed by atoms with Crippen molar-refractivity contribution < 1.29 is 36.5 Å². The number of esters is 1. The number of halogens is 3. The van der Waals surface area contributed by atoms with Crippen LogP contribution in [0.4, 0.5) is 19.0 Å². The number of nitrogen functional groups attached to an aromatic ring is 1. The number of para-hydroxylation sites is 1. The number of alkyl halides is 3. The number of ether oxygens (including phenoxy) is 2. The van der Waals surface area contributed by atoms with Crippen LogP contribution in [0.25, 0.3) is 0 Å². The molecule has 1 aromatic carbocycles. The first-order valence-corrected chi connectivity index (χ1v) is 12.1.